The number of methoxy groups -OCH3 is 2. The van der Waals surface area contributed by atoms with Crippen molar-refractivity contribution in [2.75, 3.05) is 14.2 Å². The molecule has 0 saturated carbocycles. The third-order valence-corrected chi connectivity index (χ3v) is 7.55. The highest BCUT2D eigenvalue weighted by molar-refractivity contribution is 6.03. The lowest BCUT2D eigenvalue weighted by atomic mass is 9.97. The molecular formula is C33H37N3O8. The zero-order chi connectivity index (χ0) is 32.0. The molecule has 4 atom stereocenters. The first-order valence-corrected chi connectivity index (χ1v) is 14.4. The normalized spacial score (nSPS) is 17.4. The fourth-order valence-corrected chi connectivity index (χ4v) is 5.09. The van der Waals surface area contributed by atoms with Gasteiger partial charge in [-0.05, 0) is 30.5 Å². The largest absolute Gasteiger partial charge is 0.497 e. The molecule has 0 radical (unpaired) electrons. The zero-order valence-electron chi connectivity index (χ0n) is 25.3. The lowest BCUT2D eigenvalue weighted by molar-refractivity contribution is -0.146. The molecule has 11 heteroatoms. The van der Waals surface area contributed by atoms with Gasteiger partial charge < -0.3 is 30.0 Å². The summed E-state index contributed by atoms with van der Waals surface area (Å²) in [7, 11) is 2.80. The van der Waals surface area contributed by atoms with Crippen LogP contribution in [0.4, 0.5) is 0 Å². The number of pyridine rings is 1. The second kappa shape index (κ2) is 14.0. The Morgan fingerprint density at radius 3 is 2.36 bits per heavy atom. The van der Waals surface area contributed by atoms with Gasteiger partial charge in [0.15, 0.2) is 0 Å². The molecule has 3 aromatic rings. The Hall–Kier alpha value is -4.93. The van der Waals surface area contributed by atoms with E-state index in [-0.39, 0.29) is 24.3 Å². The topological polar surface area (TPSA) is 153 Å². The van der Waals surface area contributed by atoms with E-state index in [2.05, 4.69) is 10.6 Å². The Morgan fingerprint density at radius 1 is 1.02 bits per heavy atom. The number of carboxylic acid groups (broad SMARTS) is 1. The third kappa shape index (κ3) is 7.16. The fraction of sp³-hybridized carbons (Fsp3) is 0.364. The Kier molecular flexibility index (Phi) is 10.2. The van der Waals surface area contributed by atoms with Crippen LogP contribution in [0.5, 0.6) is 11.5 Å². The van der Waals surface area contributed by atoms with Crippen molar-refractivity contribution < 1.29 is 38.5 Å². The third-order valence-electron chi connectivity index (χ3n) is 7.55. The number of nitrogens with one attached hydrogen (secondary N) is 2. The number of benzene rings is 2. The van der Waals surface area contributed by atoms with E-state index in [1.165, 1.54) is 7.11 Å². The zero-order valence-corrected chi connectivity index (χ0v) is 25.3. The van der Waals surface area contributed by atoms with Crippen LogP contribution in [0.1, 0.15) is 33.6 Å². The van der Waals surface area contributed by atoms with E-state index in [0.29, 0.717) is 28.1 Å². The number of nitrogens with zero attached hydrogens (tertiary/aromatic N) is 1. The molecule has 2 aromatic carbocycles. The molecule has 4 rings (SSSR count). The van der Waals surface area contributed by atoms with Gasteiger partial charge in [0, 0.05) is 35.1 Å². The molecule has 0 saturated heterocycles. The van der Waals surface area contributed by atoms with Crippen molar-refractivity contribution in [2.45, 2.75) is 51.8 Å². The van der Waals surface area contributed by atoms with Crippen LogP contribution >= 0.6 is 0 Å². The average Bonchev–Trinajstić information content (AvgIpc) is 3.45. The summed E-state index contributed by atoms with van der Waals surface area (Å²) in [6.07, 6.45) is 1.04. The fourth-order valence-electron chi connectivity index (χ4n) is 5.09. The summed E-state index contributed by atoms with van der Waals surface area (Å²) in [5.41, 5.74) is 2.22. The van der Waals surface area contributed by atoms with Crippen molar-refractivity contribution in [3.8, 4) is 22.8 Å². The van der Waals surface area contributed by atoms with Crippen LogP contribution in [0.3, 0.4) is 0 Å². The minimum atomic E-state index is -1.18. The molecule has 2 amide bonds. The molecule has 2 unspecified atom stereocenters. The van der Waals surface area contributed by atoms with E-state index in [1.54, 1.807) is 52.2 Å². The van der Waals surface area contributed by atoms with Gasteiger partial charge in [0.1, 0.15) is 29.7 Å². The summed E-state index contributed by atoms with van der Waals surface area (Å²) in [6, 6.07) is 14.7. The smallest absolute Gasteiger partial charge is 0.328 e. The van der Waals surface area contributed by atoms with Crippen LogP contribution < -0.4 is 20.1 Å². The maximum Gasteiger partial charge on any atom is 0.328 e. The molecule has 0 fully saturated rings. The molecular weight excluding hydrogens is 566 g/mol. The van der Waals surface area contributed by atoms with Crippen molar-refractivity contribution in [3.63, 3.8) is 0 Å². The minimum absolute atomic E-state index is 0.0653. The Labute approximate surface area is 255 Å². The molecule has 44 heavy (non-hydrogen) atoms. The average molecular weight is 604 g/mol. The number of amides is 2. The summed E-state index contributed by atoms with van der Waals surface area (Å²) in [6.45, 7) is 5.15. The van der Waals surface area contributed by atoms with Crippen molar-refractivity contribution in [2.24, 2.45) is 11.8 Å². The molecule has 0 spiro atoms. The van der Waals surface area contributed by atoms with E-state index < -0.39 is 47.9 Å². The standard InChI is InChI=1S/C33H37N3O8/c1-6-25(32(39)40)35-30(37)23-14-21(15-24(23)31(38)36-29(18(2)3)33(41)43-5)44-28-17-26(19-10-8-7-9-11-19)34-27-16-20(42-4)12-13-22(27)28/h7-13,15-18,21,23,25,29H,6,14H2,1-5H3,(H,35,37)(H,36,38)(H,39,40)/t21?,23?,25-,29-/m0/s1. The number of aromatic nitrogens is 1. The molecule has 1 aliphatic carbocycles. The number of hydrogen-bond acceptors (Lipinski definition) is 8. The van der Waals surface area contributed by atoms with Crippen LogP contribution in [-0.4, -0.2) is 66.3 Å². The Bertz CT molecular complexity index is 1570. The lowest BCUT2D eigenvalue weighted by Gasteiger charge is -2.22. The van der Waals surface area contributed by atoms with Gasteiger partial charge in [-0.25, -0.2) is 14.6 Å². The van der Waals surface area contributed by atoms with Gasteiger partial charge in [0.05, 0.1) is 31.3 Å². The van der Waals surface area contributed by atoms with Crippen LogP contribution in [0.2, 0.25) is 0 Å². The van der Waals surface area contributed by atoms with Crippen LogP contribution in [-0.2, 0) is 23.9 Å². The second-order valence-electron chi connectivity index (χ2n) is 10.8. The quantitative estimate of drug-likeness (QED) is 0.262. The van der Waals surface area contributed by atoms with Crippen LogP contribution in [0, 0.1) is 11.8 Å². The van der Waals surface area contributed by atoms with Gasteiger partial charge in [0.25, 0.3) is 0 Å². The number of hydrogen-bond donors (Lipinski definition) is 3. The van der Waals surface area contributed by atoms with Gasteiger partial charge in [-0.3, -0.25) is 9.59 Å². The molecule has 11 nitrogen and oxygen atoms in total. The maximum absolute atomic E-state index is 13.5. The summed E-state index contributed by atoms with van der Waals surface area (Å²) in [4.78, 5) is 55.8. The molecule has 1 aliphatic rings. The minimum Gasteiger partial charge on any atom is -0.497 e. The Balaban J connectivity index is 1.72. The van der Waals surface area contributed by atoms with Crippen molar-refractivity contribution >= 4 is 34.7 Å². The summed E-state index contributed by atoms with van der Waals surface area (Å²) in [5.74, 6) is -3.29. The predicted octanol–water partition coefficient (Wildman–Crippen LogP) is 3.90. The monoisotopic (exact) mass is 603 g/mol. The predicted molar refractivity (Wildman–Crippen MR) is 163 cm³/mol. The number of carbonyl (C=O) groups is 4. The Morgan fingerprint density at radius 2 is 1.75 bits per heavy atom. The van der Waals surface area contributed by atoms with Crippen LogP contribution in [0.15, 0.2) is 66.2 Å². The number of ether oxygens (including phenoxy) is 3. The number of esters is 1. The van der Waals surface area contributed by atoms with E-state index in [9.17, 15) is 24.3 Å². The first-order valence-electron chi connectivity index (χ1n) is 14.4. The molecule has 0 aliphatic heterocycles. The van der Waals surface area contributed by atoms with Gasteiger partial charge >= 0.3 is 11.9 Å². The molecule has 1 heterocycles. The SMILES string of the molecule is CC[C@H](NC(=O)C1CC(Oc2cc(-c3ccccc3)nc3cc(OC)ccc23)C=C1C(=O)N[C@H](C(=O)OC)C(C)C)C(=O)O. The summed E-state index contributed by atoms with van der Waals surface area (Å²) >= 11 is 0. The van der Waals surface area contributed by atoms with E-state index in [4.69, 9.17) is 19.2 Å². The van der Waals surface area contributed by atoms with Crippen molar-refractivity contribution in [1.82, 2.24) is 15.6 Å². The molecule has 232 valence electrons. The second-order valence-corrected chi connectivity index (χ2v) is 10.8. The number of carbonyl (C=O) groups excluding carboxylic acids is 3. The first-order chi connectivity index (χ1) is 21.1. The van der Waals surface area contributed by atoms with Crippen molar-refractivity contribution in [3.05, 3.63) is 66.2 Å². The van der Waals surface area contributed by atoms with E-state index in [0.717, 1.165) is 5.56 Å². The lowest BCUT2D eigenvalue weighted by Crippen LogP contribution is -2.48. The van der Waals surface area contributed by atoms with Crippen molar-refractivity contribution in [1.29, 1.82) is 0 Å². The first kappa shape index (κ1) is 32.0. The highest BCUT2D eigenvalue weighted by Gasteiger charge is 2.39. The highest BCUT2D eigenvalue weighted by Crippen LogP contribution is 2.36. The van der Waals surface area contributed by atoms with Gasteiger partial charge in [-0.15, -0.1) is 0 Å². The molecule has 1 aromatic heterocycles. The number of aliphatic carboxylic acids is 1. The number of fused-ring (bicyclic) bond motifs is 1. The van der Waals surface area contributed by atoms with Gasteiger partial charge in [-0.2, -0.15) is 0 Å². The van der Waals surface area contributed by atoms with E-state index in [1.807, 2.05) is 36.4 Å². The summed E-state index contributed by atoms with van der Waals surface area (Å²) < 4.78 is 16.7. The van der Waals surface area contributed by atoms with E-state index >= 15 is 0 Å². The summed E-state index contributed by atoms with van der Waals surface area (Å²) in [5, 5.41) is 15.4. The van der Waals surface area contributed by atoms with Gasteiger partial charge in [0.2, 0.25) is 11.8 Å². The molecule has 0 bridgehead atoms. The maximum atomic E-state index is 13.5. The highest BCUT2D eigenvalue weighted by atomic mass is 16.5. The van der Waals surface area contributed by atoms with Gasteiger partial charge in [-0.1, -0.05) is 51.1 Å². The number of rotatable bonds is 12. The van der Waals surface area contributed by atoms with Crippen LogP contribution in [0.25, 0.3) is 22.2 Å². The molecule has 3 N–H and O–H groups in total. The number of carboxylic acids is 1.